The number of fused-ring (bicyclic) bond motifs is 2. The van der Waals surface area contributed by atoms with Crippen LogP contribution in [0.5, 0.6) is 0 Å². The number of aromatic nitrogens is 5. The molecule has 1 unspecified atom stereocenters. The molecule has 0 fully saturated rings. The minimum atomic E-state index is -0.771. The highest BCUT2D eigenvalue weighted by Gasteiger charge is 2.23. The van der Waals surface area contributed by atoms with E-state index in [2.05, 4.69) is 9.97 Å². The number of para-hydroxylation sites is 1. The third-order valence-electron chi connectivity index (χ3n) is 4.86. The summed E-state index contributed by atoms with van der Waals surface area (Å²) in [5.74, 6) is -0.234. The van der Waals surface area contributed by atoms with Crippen molar-refractivity contribution in [3.63, 3.8) is 0 Å². The van der Waals surface area contributed by atoms with Crippen molar-refractivity contribution in [3.8, 4) is 6.07 Å². The number of hydrogen-bond acceptors (Lipinski definition) is 7. The van der Waals surface area contributed by atoms with Crippen molar-refractivity contribution in [3.05, 3.63) is 62.2 Å². The van der Waals surface area contributed by atoms with Crippen LogP contribution in [-0.4, -0.2) is 28.8 Å². The lowest BCUT2D eigenvalue weighted by atomic mass is 10.1. The Bertz CT molecular complexity index is 1430. The molecule has 3 heterocycles. The molecule has 3 aromatic heterocycles. The van der Waals surface area contributed by atoms with Crippen LogP contribution in [0.4, 0.5) is 0 Å². The van der Waals surface area contributed by atoms with E-state index in [4.69, 9.17) is 0 Å². The molecule has 0 spiro atoms. The molecule has 4 rings (SSSR count). The second-order valence-electron chi connectivity index (χ2n) is 6.56. The fourth-order valence-corrected chi connectivity index (χ4v) is 4.16. The van der Waals surface area contributed by atoms with Crippen molar-refractivity contribution >= 4 is 38.3 Å². The predicted octanol–water partition coefficient (Wildman–Crippen LogP) is 2.10. The van der Waals surface area contributed by atoms with Crippen LogP contribution in [0.3, 0.4) is 0 Å². The predicted molar refractivity (Wildman–Crippen MR) is 110 cm³/mol. The lowest BCUT2D eigenvalue weighted by molar-refractivity contribution is 0.344. The summed E-state index contributed by atoms with van der Waals surface area (Å²) in [4.78, 5) is 33.4. The zero-order valence-electron chi connectivity index (χ0n) is 15.8. The van der Waals surface area contributed by atoms with E-state index in [0.717, 1.165) is 14.8 Å². The van der Waals surface area contributed by atoms with Crippen LogP contribution in [0.25, 0.3) is 27.0 Å². The van der Waals surface area contributed by atoms with Gasteiger partial charge in [-0.25, -0.2) is 14.8 Å². The zero-order chi connectivity index (χ0) is 20.9. The summed E-state index contributed by atoms with van der Waals surface area (Å²) in [5, 5.41) is 20.9. The first-order valence-electron chi connectivity index (χ1n) is 8.66. The van der Waals surface area contributed by atoms with E-state index in [9.17, 15) is 20.0 Å². The van der Waals surface area contributed by atoms with Crippen molar-refractivity contribution in [1.29, 1.82) is 5.26 Å². The standard InChI is InChI=1S/C19H16N6O3S/c1-10(25-9-21-16-14(25)18(27)24(3)19(28)23(16)2)15(26)11(8-20)17-22-12-6-4-5-7-13(12)29-17/h4-7,9-10,26H,1-3H3/b15-11-. The summed E-state index contributed by atoms with van der Waals surface area (Å²) in [6.45, 7) is 1.64. The van der Waals surface area contributed by atoms with Gasteiger partial charge in [-0.05, 0) is 19.1 Å². The van der Waals surface area contributed by atoms with E-state index in [-0.39, 0.29) is 22.5 Å². The molecule has 1 aromatic carbocycles. The van der Waals surface area contributed by atoms with Crippen molar-refractivity contribution in [2.24, 2.45) is 14.1 Å². The molecule has 4 aromatic rings. The van der Waals surface area contributed by atoms with E-state index >= 15 is 0 Å². The number of nitrogens with zero attached hydrogens (tertiary/aromatic N) is 6. The SMILES string of the molecule is CC(/C(O)=C(\C#N)c1nc2ccccc2s1)n1cnc2c1c(=O)n(C)c(=O)n2C. The average Bonchev–Trinajstić information content (AvgIpc) is 3.35. The van der Waals surface area contributed by atoms with Gasteiger partial charge in [0.25, 0.3) is 5.56 Å². The molecule has 0 bridgehead atoms. The number of hydrogen-bond donors (Lipinski definition) is 1. The average molecular weight is 408 g/mol. The van der Waals surface area contributed by atoms with E-state index < -0.39 is 17.3 Å². The van der Waals surface area contributed by atoms with Crippen LogP contribution in [0, 0.1) is 11.3 Å². The molecule has 0 saturated carbocycles. The van der Waals surface area contributed by atoms with Gasteiger partial charge in [0.1, 0.15) is 22.4 Å². The molecule has 146 valence electrons. The number of nitriles is 1. The zero-order valence-corrected chi connectivity index (χ0v) is 16.6. The fraction of sp³-hybridized carbons (Fsp3) is 0.211. The Hall–Kier alpha value is -3.71. The second kappa shape index (κ2) is 6.72. The molecule has 0 aliphatic carbocycles. The Kier molecular flexibility index (Phi) is 4.32. The third-order valence-corrected chi connectivity index (χ3v) is 5.92. The monoisotopic (exact) mass is 408 g/mol. The van der Waals surface area contributed by atoms with Crippen LogP contribution in [0.15, 0.2) is 45.9 Å². The maximum absolute atomic E-state index is 12.7. The summed E-state index contributed by atoms with van der Waals surface area (Å²) in [7, 11) is 2.90. The molecule has 0 radical (unpaired) electrons. The maximum atomic E-state index is 12.7. The molecule has 10 heteroatoms. The van der Waals surface area contributed by atoms with Crippen LogP contribution < -0.4 is 11.2 Å². The Labute approximate surface area is 168 Å². The summed E-state index contributed by atoms with van der Waals surface area (Å²) in [6.07, 6.45) is 1.37. The van der Waals surface area contributed by atoms with Gasteiger partial charge in [0.05, 0.1) is 22.6 Å². The van der Waals surface area contributed by atoms with Crippen molar-refractivity contribution < 1.29 is 5.11 Å². The molecule has 29 heavy (non-hydrogen) atoms. The lowest BCUT2D eigenvalue weighted by Crippen LogP contribution is -2.37. The first kappa shape index (κ1) is 18.6. The number of allylic oxidation sites excluding steroid dienone is 2. The van der Waals surface area contributed by atoms with Gasteiger partial charge in [0.2, 0.25) is 0 Å². The first-order chi connectivity index (χ1) is 13.8. The normalized spacial score (nSPS) is 13.4. The van der Waals surface area contributed by atoms with Gasteiger partial charge in [-0.3, -0.25) is 13.9 Å². The van der Waals surface area contributed by atoms with E-state index in [1.165, 1.54) is 40.9 Å². The highest BCUT2D eigenvalue weighted by atomic mass is 32.1. The number of aliphatic hydroxyl groups excluding tert-OH is 1. The van der Waals surface area contributed by atoms with Gasteiger partial charge in [-0.15, -0.1) is 11.3 Å². The molecule has 0 aliphatic rings. The summed E-state index contributed by atoms with van der Waals surface area (Å²) >= 11 is 1.30. The van der Waals surface area contributed by atoms with Gasteiger partial charge in [-0.2, -0.15) is 5.26 Å². The fourth-order valence-electron chi connectivity index (χ4n) is 3.19. The quantitative estimate of drug-likeness (QED) is 0.410. The van der Waals surface area contributed by atoms with Crippen LogP contribution >= 0.6 is 11.3 Å². The highest BCUT2D eigenvalue weighted by molar-refractivity contribution is 7.19. The Morgan fingerprint density at radius 1 is 1.24 bits per heavy atom. The van der Waals surface area contributed by atoms with Crippen molar-refractivity contribution in [2.45, 2.75) is 13.0 Å². The smallest absolute Gasteiger partial charge is 0.332 e. The van der Waals surface area contributed by atoms with E-state index in [1.807, 2.05) is 30.3 Å². The highest BCUT2D eigenvalue weighted by Crippen LogP contribution is 2.31. The van der Waals surface area contributed by atoms with Gasteiger partial charge >= 0.3 is 5.69 Å². The van der Waals surface area contributed by atoms with E-state index in [0.29, 0.717) is 5.01 Å². The van der Waals surface area contributed by atoms with Crippen molar-refractivity contribution in [1.82, 2.24) is 23.7 Å². The number of aliphatic hydroxyl groups is 1. The van der Waals surface area contributed by atoms with Gasteiger partial charge < -0.3 is 9.67 Å². The molecule has 1 atom stereocenters. The summed E-state index contributed by atoms with van der Waals surface area (Å²) in [5.41, 5.74) is 0.109. The van der Waals surface area contributed by atoms with Gasteiger partial charge in [0.15, 0.2) is 11.2 Å². The number of aryl methyl sites for hydroxylation is 1. The summed E-state index contributed by atoms with van der Waals surface area (Å²) < 4.78 is 4.59. The molecule has 0 aliphatic heterocycles. The van der Waals surface area contributed by atoms with Crippen LogP contribution in [0.2, 0.25) is 0 Å². The number of imidazole rings is 1. The molecule has 9 nitrogen and oxygen atoms in total. The molecule has 0 saturated heterocycles. The number of benzene rings is 1. The van der Waals surface area contributed by atoms with Gasteiger partial charge in [0, 0.05) is 14.1 Å². The third kappa shape index (κ3) is 2.75. The Morgan fingerprint density at radius 3 is 2.66 bits per heavy atom. The number of rotatable bonds is 3. The topological polar surface area (TPSA) is 119 Å². The minimum Gasteiger partial charge on any atom is -0.509 e. The largest absolute Gasteiger partial charge is 0.509 e. The number of thiazole rings is 1. The second-order valence-corrected chi connectivity index (χ2v) is 7.60. The minimum absolute atomic E-state index is 0.0298. The van der Waals surface area contributed by atoms with Crippen LogP contribution in [-0.2, 0) is 14.1 Å². The molecular formula is C19H16N6O3S. The van der Waals surface area contributed by atoms with Gasteiger partial charge in [-0.1, -0.05) is 12.1 Å². The Morgan fingerprint density at radius 2 is 1.97 bits per heavy atom. The Balaban J connectivity index is 1.91. The first-order valence-corrected chi connectivity index (χ1v) is 9.48. The molecule has 1 N–H and O–H groups in total. The molecular weight excluding hydrogens is 392 g/mol. The lowest BCUT2D eigenvalue weighted by Gasteiger charge is -2.15. The summed E-state index contributed by atoms with van der Waals surface area (Å²) in [6, 6.07) is 8.69. The molecule has 0 amide bonds. The van der Waals surface area contributed by atoms with Crippen LogP contribution in [0.1, 0.15) is 18.0 Å². The maximum Gasteiger partial charge on any atom is 0.332 e. The van der Waals surface area contributed by atoms with Crippen molar-refractivity contribution in [2.75, 3.05) is 0 Å². The van der Waals surface area contributed by atoms with E-state index in [1.54, 1.807) is 6.92 Å².